The molecule has 0 radical (unpaired) electrons. The second kappa shape index (κ2) is 60.3. The minimum absolute atomic E-state index is 0. The molecule has 13 aliphatic rings. The van der Waals surface area contributed by atoms with Crippen LogP contribution < -0.4 is 175 Å². The number of carbonyl (C=O) groups excluding carboxylic acids is 8. The molecule has 6 amide bonds. The Morgan fingerprint density at radius 3 is 1.15 bits per heavy atom. The molecule has 39 nitrogen and oxygen atoms in total. The van der Waals surface area contributed by atoms with Gasteiger partial charge < -0.3 is 104 Å². The second-order valence-electron chi connectivity index (χ2n) is 42.9. The first-order chi connectivity index (χ1) is 68.3. The number of H-pyrrole nitrogens is 1. The van der Waals surface area contributed by atoms with E-state index in [0.29, 0.717) is 86.7 Å². The number of carbonyl (C=O) groups is 8. The van der Waals surface area contributed by atoms with Crippen LogP contribution in [0, 0.1) is 48.7 Å². The van der Waals surface area contributed by atoms with Crippen molar-refractivity contribution in [2.24, 2.45) is 49.6 Å². The summed E-state index contributed by atoms with van der Waals surface area (Å²) < 4.78 is 68.2. The Morgan fingerprint density at radius 2 is 0.863 bits per heavy atom. The summed E-state index contributed by atoms with van der Waals surface area (Å²) in [5.74, 6) is 4.29. The maximum atomic E-state index is 12.2. The average molecular weight is 2470 g/mol. The number of hydrogen-bond donors (Lipinski definition) is 3. The van der Waals surface area contributed by atoms with E-state index in [1.165, 1.54) is 35.2 Å². The minimum atomic E-state index is -1.78. The molecule has 146 heavy (non-hydrogen) atoms. The predicted molar refractivity (Wildman–Crippen MR) is 563 cm³/mol. The summed E-state index contributed by atoms with van der Waals surface area (Å²) in [6.07, 6.45) is 26.3. The van der Waals surface area contributed by atoms with E-state index in [4.69, 9.17) is 111 Å². The van der Waals surface area contributed by atoms with Gasteiger partial charge in [0, 0.05) is 217 Å². The van der Waals surface area contributed by atoms with Gasteiger partial charge in [0.1, 0.15) is 11.2 Å². The van der Waals surface area contributed by atoms with Crippen LogP contribution in [0.2, 0.25) is 15.5 Å². The number of ether oxygens (including phenoxy) is 2. The number of nitrogens with zero attached hydrogens (tertiary/aromatic N) is 18. The van der Waals surface area contributed by atoms with Gasteiger partial charge in [-0.3, -0.25) is 43.2 Å². The molecule has 0 aromatic carbocycles. The van der Waals surface area contributed by atoms with Crippen LogP contribution in [-0.4, -0.2) is 313 Å². The molecule has 0 bridgehead atoms. The van der Waals surface area contributed by atoms with Crippen LogP contribution in [0.3, 0.4) is 0 Å². The van der Waals surface area contributed by atoms with E-state index in [-0.39, 0.29) is 292 Å². The number of anilines is 1. The zero-order valence-corrected chi connectivity index (χ0v) is 108. The number of aryl methyl sites for hydroxylation is 2. The third-order valence-electron chi connectivity index (χ3n) is 26.5. The molecule has 5 aliphatic carbocycles. The Balaban J connectivity index is 0.000000346. The van der Waals surface area contributed by atoms with E-state index in [9.17, 15) is 33.6 Å². The van der Waals surface area contributed by atoms with Crippen LogP contribution in [0.15, 0.2) is 49.6 Å². The first kappa shape index (κ1) is 127. The van der Waals surface area contributed by atoms with Crippen molar-refractivity contribution >= 4 is 172 Å². The fourth-order valence-corrected chi connectivity index (χ4v) is 16.1. The molecule has 5 saturated carbocycles. The summed E-state index contributed by atoms with van der Waals surface area (Å²) in [5, 5.41) is 30.1. The van der Waals surface area contributed by atoms with Crippen molar-refractivity contribution in [3.8, 4) is 0 Å². The summed E-state index contributed by atoms with van der Waals surface area (Å²) in [4.78, 5) is 126. The number of piperidine rings is 1. The van der Waals surface area contributed by atoms with Gasteiger partial charge in [-0.25, -0.2) is 19.6 Å². The number of rotatable bonds is 10. The Morgan fingerprint density at radius 1 is 0.514 bits per heavy atom. The van der Waals surface area contributed by atoms with Crippen molar-refractivity contribution in [3.63, 3.8) is 0 Å². The molecule has 49 heteroatoms. The zero-order chi connectivity index (χ0) is 110. The molecule has 8 saturated heterocycles. The van der Waals surface area contributed by atoms with Gasteiger partial charge in [-0.15, -0.1) is 9.97 Å². The molecule has 18 rings (SSSR count). The van der Waals surface area contributed by atoms with Gasteiger partial charge in [0.2, 0.25) is 28.9 Å². The molecule has 0 unspecified atom stereocenters. The topological polar surface area (TPSA) is 414 Å². The van der Waals surface area contributed by atoms with Crippen LogP contribution in [0.4, 0.5) is 27.0 Å². The molecule has 13 fully saturated rings. The molecule has 800 valence electrons. The largest absolute Gasteiger partial charge is 1.00 e. The molecule has 3 N–H and O–H groups in total. The number of aromatic nitrogens is 10. The van der Waals surface area contributed by atoms with Crippen LogP contribution in [0.1, 0.15) is 242 Å². The molecular weight excluding hydrogens is 2310 g/mol. The molecule has 5 aromatic rings. The Hall–Kier alpha value is -4.04. The van der Waals surface area contributed by atoms with Gasteiger partial charge in [-0.05, 0) is 252 Å². The number of nitrogens with one attached hydrogen (secondary N) is 3. The molecular formula is C97H153B3Cl4Cs2IN21O18. The third-order valence-corrected chi connectivity index (χ3v) is 27.5. The number of hydrogen-bond acceptors (Lipinski definition) is 28. The monoisotopic (exact) mass is 2470 g/mol. The maximum Gasteiger partial charge on any atom is 1.00 e. The van der Waals surface area contributed by atoms with Crippen molar-refractivity contribution in [1.82, 2.24) is 89.7 Å². The fraction of sp³-hybridized carbons (Fsp3) is 0.722. The van der Waals surface area contributed by atoms with Crippen molar-refractivity contribution in [2.75, 3.05) is 101 Å². The van der Waals surface area contributed by atoms with E-state index >= 15 is 0 Å². The third kappa shape index (κ3) is 42.6. The smallest absolute Gasteiger partial charge is 1.00 e. The van der Waals surface area contributed by atoms with Crippen molar-refractivity contribution < 1.29 is 229 Å². The van der Waals surface area contributed by atoms with Crippen molar-refractivity contribution in [2.45, 2.75) is 305 Å². The van der Waals surface area contributed by atoms with Gasteiger partial charge >= 0.3 is 183 Å². The predicted octanol–water partition coefficient (Wildman–Crippen LogP) is 6.33. The summed E-state index contributed by atoms with van der Waals surface area (Å²) in [5.41, 5.74) is 0.321. The van der Waals surface area contributed by atoms with E-state index in [0.717, 1.165) is 139 Å². The van der Waals surface area contributed by atoms with Crippen molar-refractivity contribution in [1.29, 1.82) is 0 Å². The minimum Gasteiger partial charge on any atom is -1.00 e. The van der Waals surface area contributed by atoms with E-state index in [2.05, 4.69) is 98.1 Å². The quantitative estimate of drug-likeness (QED) is 0.0201. The van der Waals surface area contributed by atoms with Gasteiger partial charge in [-0.2, -0.15) is 15.3 Å². The summed E-state index contributed by atoms with van der Waals surface area (Å²) in [6, 6.07) is 1.01. The van der Waals surface area contributed by atoms with Gasteiger partial charge in [0.05, 0.1) is 33.6 Å². The van der Waals surface area contributed by atoms with Gasteiger partial charge in [0.25, 0.3) is 6.47 Å². The van der Waals surface area contributed by atoms with Gasteiger partial charge in [0.15, 0.2) is 33.7 Å². The normalized spacial score (nSPS) is 22.7. The zero-order valence-electron chi connectivity index (χ0n) is 94.4. The summed E-state index contributed by atoms with van der Waals surface area (Å²) >= 11 is 23.2. The molecule has 8 aliphatic heterocycles. The molecule has 5 aromatic heterocycles. The number of halogens is 5. The number of alkyl halides is 1. The van der Waals surface area contributed by atoms with Crippen LogP contribution >= 0.6 is 69.0 Å². The molecule has 13 heterocycles. The fourth-order valence-electron chi connectivity index (χ4n) is 15.3. The van der Waals surface area contributed by atoms with Crippen LogP contribution in [0.5, 0.6) is 0 Å². The summed E-state index contributed by atoms with van der Waals surface area (Å²) in [7, 11) is 2.86. The van der Waals surface area contributed by atoms with E-state index < -0.39 is 10.5 Å². The molecule has 0 spiro atoms. The van der Waals surface area contributed by atoms with E-state index in [1.54, 1.807) is 45.2 Å². The number of likely N-dealkylation sites (tertiary alicyclic amines) is 1. The molecule has 5 atom stereocenters. The van der Waals surface area contributed by atoms with Crippen LogP contribution in [-0.2, 0) is 85.2 Å². The summed E-state index contributed by atoms with van der Waals surface area (Å²) in [6.45, 7) is 70.7. The average Bonchev–Trinajstić information content (AvgIpc) is 1.62. The van der Waals surface area contributed by atoms with Gasteiger partial charge in [-0.1, -0.05) is 77.5 Å². The van der Waals surface area contributed by atoms with Crippen molar-refractivity contribution in [3.05, 3.63) is 87.9 Å². The SMILES string of the molecule is CC1(C)OB(c2cn[nH]c2)OC1(C)C.C[C@@H]1CN(C(=O)OC(C)(C)C)CCN1C(=O)C1CC1.C[C@@H]1CNCCN1C(=O)C1CC1.C[C@@H]1CNCCN1C(=O)C1CC1.C[C@H]1CCCN(C(=O)OC(C)(C)C)C1.Cn1cc(B2OC(C)(C)C(C)(C)O2)cn1.Cn1cc(B2OC(C)(C)C(C)(C)O2)cn1.O=C(Cl)C1CC1.O=CO[O-].[2H]C([2H])([2H])I.[C-]#[N+]c1ncc(Cl)nc1Cl.[C-]#[N+]c1ncc(N2CCN(C(=O)C3CC3)[C@H](C)C2)nc1Cl.[Cs+].[Cs+].[H-]. The standard InChI is InChI=1S/C14H16ClN5O.C14H24N2O3.C11H21NO2.2C10H17BN2O2.C9H15BN2O2.2C9H16N2O.C5HCl2N3.C4H5ClO.CH3I.CH2O3.2Cs.H/c1-9-8-19(5-6-20(9)14(21)10-3-4-10)11-7-17-13(16-2)12(15)18-11;1-10-9-15(13(18)19-14(2,3)4)7-8-16(10)12(17)11-5-6-11;1-9-6-5-7-12(8-9)10(13)14-11(2,3)4;2*1-9(2)10(3,4)15-11(14-9)8-6-12-13(5)7-8;1-8(2)9(3,4)14-10(13-8)7-5-11-12-6-7;2*1-7-6-10-4-5-11(7)9(12)8-2-3-8;1-8-5-4(7)10-3(6)2-9-5;5-4(6)3-1-2-3;1-2;2-1-4-3;;;/h7,9-10H,3-6,8H2,1H3;10-11H,5-9H2,1-4H3;9H,5-8H2,1-4H3;2*6-7H,1-5H3;5-6H,1-4H3,(H,11,12);2*7-8,10H,2-6H2,1H3;2H;3H,1-2H2;1H3;1,3H;;;/q;;;;;;;;;;;;2*+1;-1/p-1/t9-;10-;9-;;;;2*7-;;;;;;;/m110...11......./s1/i;;;;;;;;;;1D3;;;;. The Labute approximate surface area is 1020 Å². The second-order valence-corrected chi connectivity index (χ2v) is 44.4. The van der Waals surface area contributed by atoms with E-state index in [1.807, 2.05) is 183 Å². The first-order valence-corrected chi connectivity index (χ1v) is 51.9. The number of aromatic amines is 1. The Kier molecular flexibility index (Phi) is 52.5. The number of piperazine rings is 4. The maximum absolute atomic E-state index is 12.2. The first-order valence-electron chi connectivity index (χ1n) is 50.8. The Bertz CT molecular complexity index is 5040. The number of amides is 6. The van der Waals surface area contributed by atoms with Crippen LogP contribution in [0.25, 0.3) is 9.69 Å².